The quantitative estimate of drug-likeness (QED) is 0.765. The van der Waals surface area contributed by atoms with Crippen LogP contribution in [0.4, 0.5) is 5.82 Å². The fourth-order valence-corrected chi connectivity index (χ4v) is 3.55. The van der Waals surface area contributed by atoms with Gasteiger partial charge in [-0.2, -0.15) is 0 Å². The number of aromatic nitrogens is 1. The van der Waals surface area contributed by atoms with Crippen LogP contribution in [0.3, 0.4) is 0 Å². The van der Waals surface area contributed by atoms with E-state index in [4.69, 9.17) is 0 Å². The summed E-state index contributed by atoms with van der Waals surface area (Å²) in [4.78, 5) is 19.6. The number of nitrogens with one attached hydrogen (secondary N) is 1. The largest absolute Gasteiger partial charge is 0.390 e. The van der Waals surface area contributed by atoms with Gasteiger partial charge in [0.15, 0.2) is 0 Å². The molecule has 3 aromatic rings. The minimum Gasteiger partial charge on any atom is -0.390 e. The molecule has 2 N–H and O–H groups in total. The predicted molar refractivity (Wildman–Crippen MR) is 102 cm³/mol. The Labute approximate surface area is 152 Å². The molecule has 5 nitrogen and oxygen atoms in total. The zero-order valence-corrected chi connectivity index (χ0v) is 14.8. The van der Waals surface area contributed by atoms with E-state index >= 15 is 0 Å². The summed E-state index contributed by atoms with van der Waals surface area (Å²) in [6, 6.07) is 16.9. The zero-order valence-electron chi connectivity index (χ0n) is 14.8. The number of rotatable bonds is 3. The number of nitrogens with zero attached hydrogens (tertiary/aromatic N) is 2. The molecular formula is C21H21N3O2. The van der Waals surface area contributed by atoms with Gasteiger partial charge in [-0.3, -0.25) is 4.79 Å². The first kappa shape index (κ1) is 16.5. The second-order valence-corrected chi connectivity index (χ2v) is 6.86. The van der Waals surface area contributed by atoms with Crippen molar-refractivity contribution >= 4 is 22.6 Å². The molecule has 0 aliphatic heterocycles. The minimum absolute atomic E-state index is 0.201. The van der Waals surface area contributed by atoms with Crippen LogP contribution in [0.1, 0.15) is 27.5 Å². The number of hydrogen-bond donors (Lipinski definition) is 2. The van der Waals surface area contributed by atoms with Crippen molar-refractivity contribution in [1.82, 2.24) is 10.3 Å². The summed E-state index contributed by atoms with van der Waals surface area (Å²) in [5.74, 6) is 0.522. The second-order valence-electron chi connectivity index (χ2n) is 6.86. The van der Waals surface area contributed by atoms with Crippen LogP contribution in [0.15, 0.2) is 54.6 Å². The van der Waals surface area contributed by atoms with Crippen molar-refractivity contribution < 1.29 is 9.90 Å². The molecule has 26 heavy (non-hydrogen) atoms. The Morgan fingerprint density at radius 1 is 1.15 bits per heavy atom. The summed E-state index contributed by atoms with van der Waals surface area (Å²) in [5, 5.41) is 14.3. The molecule has 1 aliphatic rings. The molecule has 4 rings (SSSR count). The molecule has 1 heterocycles. The summed E-state index contributed by atoms with van der Waals surface area (Å²) in [6.07, 6.45) is -0.0565. The molecule has 1 aromatic heterocycles. The molecule has 0 spiro atoms. The maximum absolute atomic E-state index is 13.1. The van der Waals surface area contributed by atoms with Crippen molar-refractivity contribution in [3.8, 4) is 0 Å². The van der Waals surface area contributed by atoms with Gasteiger partial charge in [-0.25, -0.2) is 4.98 Å². The maximum atomic E-state index is 13.1. The van der Waals surface area contributed by atoms with Crippen molar-refractivity contribution in [1.29, 1.82) is 0 Å². The Balaban J connectivity index is 1.73. The highest BCUT2D eigenvalue weighted by molar-refractivity contribution is 6.07. The normalized spacial score (nSPS) is 18.6. The number of aliphatic hydroxyl groups is 1. The molecule has 2 aromatic carbocycles. The van der Waals surface area contributed by atoms with Gasteiger partial charge in [-0.15, -0.1) is 0 Å². The Morgan fingerprint density at radius 3 is 2.69 bits per heavy atom. The van der Waals surface area contributed by atoms with E-state index in [1.165, 1.54) is 0 Å². The van der Waals surface area contributed by atoms with Crippen LogP contribution in [0.2, 0.25) is 0 Å². The van der Waals surface area contributed by atoms with Gasteiger partial charge in [0.2, 0.25) is 0 Å². The number of carbonyl (C=O) groups is 1. The van der Waals surface area contributed by atoms with Gasteiger partial charge in [0.25, 0.3) is 5.91 Å². The van der Waals surface area contributed by atoms with E-state index in [9.17, 15) is 9.90 Å². The second kappa shape index (κ2) is 6.42. The molecule has 0 radical (unpaired) electrons. The molecule has 2 atom stereocenters. The van der Waals surface area contributed by atoms with Gasteiger partial charge < -0.3 is 15.3 Å². The van der Waals surface area contributed by atoms with Crippen molar-refractivity contribution in [2.75, 3.05) is 19.0 Å². The fraction of sp³-hybridized carbons (Fsp3) is 0.238. The standard InChI is InChI=1S/C21H21N3O2/c1-24(2)19-12-16(15-9-5-6-10-17(15)22-19)21(26)23-20-14-8-4-3-7-13(14)11-18(20)25/h3-10,12,18,20,25H,11H2,1-2H3,(H,23,26)/t18-,20+/m1/s1. The van der Waals surface area contributed by atoms with Crippen molar-refractivity contribution in [2.45, 2.75) is 18.6 Å². The van der Waals surface area contributed by atoms with Crippen molar-refractivity contribution in [2.24, 2.45) is 0 Å². The highest BCUT2D eigenvalue weighted by Gasteiger charge is 2.32. The molecule has 0 unspecified atom stereocenters. The van der Waals surface area contributed by atoms with E-state index in [1.807, 2.05) is 67.5 Å². The number of hydrogen-bond acceptors (Lipinski definition) is 4. The number of carbonyl (C=O) groups excluding carboxylic acids is 1. The predicted octanol–water partition coefficient (Wildman–Crippen LogP) is 2.69. The number of anilines is 1. The van der Waals surface area contributed by atoms with Crippen LogP contribution in [-0.2, 0) is 6.42 Å². The highest BCUT2D eigenvalue weighted by Crippen LogP contribution is 2.32. The Hall–Kier alpha value is -2.92. The molecule has 132 valence electrons. The first-order valence-corrected chi connectivity index (χ1v) is 8.68. The first-order chi connectivity index (χ1) is 12.5. The van der Waals surface area contributed by atoms with Gasteiger partial charge >= 0.3 is 0 Å². The lowest BCUT2D eigenvalue weighted by atomic mass is 10.0. The van der Waals surface area contributed by atoms with Crippen LogP contribution >= 0.6 is 0 Å². The lowest BCUT2D eigenvalue weighted by Gasteiger charge is -2.20. The average Bonchev–Trinajstić information content (AvgIpc) is 2.96. The minimum atomic E-state index is -0.613. The number of para-hydroxylation sites is 1. The number of aliphatic hydroxyl groups excluding tert-OH is 1. The zero-order chi connectivity index (χ0) is 18.3. The highest BCUT2D eigenvalue weighted by atomic mass is 16.3. The van der Waals surface area contributed by atoms with Crippen LogP contribution < -0.4 is 10.2 Å². The van der Waals surface area contributed by atoms with E-state index in [2.05, 4.69) is 10.3 Å². The number of pyridine rings is 1. The van der Waals surface area contributed by atoms with E-state index in [0.29, 0.717) is 12.0 Å². The third-order valence-corrected chi connectivity index (χ3v) is 4.90. The fourth-order valence-electron chi connectivity index (χ4n) is 3.55. The van der Waals surface area contributed by atoms with Gasteiger partial charge in [0.1, 0.15) is 5.82 Å². The third-order valence-electron chi connectivity index (χ3n) is 4.90. The maximum Gasteiger partial charge on any atom is 0.252 e. The topological polar surface area (TPSA) is 65.5 Å². The molecule has 1 aliphatic carbocycles. The lowest BCUT2D eigenvalue weighted by Crippen LogP contribution is -2.34. The van der Waals surface area contributed by atoms with Gasteiger partial charge in [0, 0.05) is 25.9 Å². The van der Waals surface area contributed by atoms with Gasteiger partial charge in [-0.1, -0.05) is 42.5 Å². The van der Waals surface area contributed by atoms with E-state index < -0.39 is 12.1 Å². The van der Waals surface area contributed by atoms with Crippen LogP contribution in [-0.4, -0.2) is 36.2 Å². The summed E-state index contributed by atoms with van der Waals surface area (Å²) >= 11 is 0. The van der Waals surface area contributed by atoms with E-state index in [0.717, 1.165) is 27.8 Å². The molecule has 5 heteroatoms. The Bertz CT molecular complexity index is 984. The van der Waals surface area contributed by atoms with E-state index in [1.54, 1.807) is 6.07 Å². The summed E-state index contributed by atoms with van der Waals surface area (Å²) in [7, 11) is 3.80. The molecule has 1 amide bonds. The molecule has 0 bridgehead atoms. The summed E-state index contributed by atoms with van der Waals surface area (Å²) in [6.45, 7) is 0. The van der Waals surface area contributed by atoms with Crippen molar-refractivity contribution in [3.05, 3.63) is 71.3 Å². The Morgan fingerprint density at radius 2 is 1.88 bits per heavy atom. The molecule has 0 fully saturated rings. The average molecular weight is 347 g/mol. The number of amides is 1. The third kappa shape index (κ3) is 2.80. The number of benzene rings is 2. The smallest absolute Gasteiger partial charge is 0.252 e. The van der Waals surface area contributed by atoms with Gasteiger partial charge in [0.05, 0.1) is 23.2 Å². The molecule has 0 saturated heterocycles. The lowest BCUT2D eigenvalue weighted by molar-refractivity contribution is 0.0860. The molecular weight excluding hydrogens is 326 g/mol. The first-order valence-electron chi connectivity index (χ1n) is 8.68. The summed E-state index contributed by atoms with van der Waals surface area (Å²) < 4.78 is 0. The number of fused-ring (bicyclic) bond motifs is 2. The monoisotopic (exact) mass is 347 g/mol. The Kier molecular flexibility index (Phi) is 4.09. The molecule has 0 saturated carbocycles. The van der Waals surface area contributed by atoms with Crippen molar-refractivity contribution in [3.63, 3.8) is 0 Å². The van der Waals surface area contributed by atoms with Crippen LogP contribution in [0.5, 0.6) is 0 Å². The van der Waals surface area contributed by atoms with Gasteiger partial charge in [-0.05, 0) is 23.3 Å². The SMILES string of the molecule is CN(C)c1cc(C(=O)N[C@H]2c3ccccc3C[C@H]2O)c2ccccc2n1. The van der Waals surface area contributed by atoms with Crippen LogP contribution in [0, 0.1) is 0 Å². The van der Waals surface area contributed by atoms with E-state index in [-0.39, 0.29) is 5.91 Å². The summed E-state index contributed by atoms with van der Waals surface area (Å²) in [5.41, 5.74) is 3.41. The van der Waals surface area contributed by atoms with Crippen LogP contribution in [0.25, 0.3) is 10.9 Å².